The lowest BCUT2D eigenvalue weighted by atomic mass is 9.70. The molecule has 0 amide bonds. The van der Waals surface area contributed by atoms with Gasteiger partial charge in [0.2, 0.25) is 0 Å². The molecule has 0 atom stereocenters. The van der Waals surface area contributed by atoms with E-state index in [1.807, 2.05) is 24.3 Å². The monoisotopic (exact) mass is 723 g/mol. The normalized spacial score (nSPS) is 13.1. The van der Waals surface area contributed by atoms with Crippen molar-refractivity contribution >= 4 is 21.5 Å². The molecule has 10 aromatic rings. The Bertz CT molecular complexity index is 3160. The third-order valence-corrected chi connectivity index (χ3v) is 12.1. The molecule has 3 nitrogen and oxygen atoms in total. The number of rotatable bonds is 5. The second-order valence-electron chi connectivity index (χ2n) is 15.1. The average Bonchev–Trinajstić information content (AvgIpc) is 3.77. The second-order valence-corrected chi connectivity index (χ2v) is 15.1. The topological polar surface area (TPSA) is 38.7 Å². The molecule has 0 saturated heterocycles. The van der Waals surface area contributed by atoms with Crippen molar-refractivity contribution < 1.29 is 0 Å². The molecule has 1 heterocycles. The molecule has 264 valence electrons. The molecule has 57 heavy (non-hydrogen) atoms. The van der Waals surface area contributed by atoms with Crippen molar-refractivity contribution in [3.05, 3.63) is 222 Å². The summed E-state index contributed by atoms with van der Waals surface area (Å²) in [7, 11) is 0. The average molecular weight is 724 g/mol. The minimum Gasteiger partial charge on any atom is -0.208 e. The Kier molecular flexibility index (Phi) is 6.84. The van der Waals surface area contributed by atoms with Crippen LogP contribution in [0.2, 0.25) is 0 Å². The summed E-state index contributed by atoms with van der Waals surface area (Å²) in [6.07, 6.45) is 0. The van der Waals surface area contributed by atoms with Gasteiger partial charge in [0.05, 0.1) is 5.41 Å². The smallest absolute Gasteiger partial charge is 0.164 e. The van der Waals surface area contributed by atoms with E-state index in [-0.39, 0.29) is 0 Å². The summed E-state index contributed by atoms with van der Waals surface area (Å²) in [5.74, 6) is 1.93. The van der Waals surface area contributed by atoms with Gasteiger partial charge in [-0.2, -0.15) is 0 Å². The number of hydrogen-bond acceptors (Lipinski definition) is 3. The molecular weight excluding hydrogens is 691 g/mol. The van der Waals surface area contributed by atoms with Crippen LogP contribution in [0.15, 0.2) is 200 Å². The SMILES string of the molecule is c1ccc(-c2ccc(-c3nc(-c4ccccc4)nc(-c4cccc(-c5ccc6c(c5)C5(c7ccccc7-6)c6cccc7ccc8cccc5c8c67)c4)n3)cc2)cc1. The highest BCUT2D eigenvalue weighted by atomic mass is 15.0. The first-order chi connectivity index (χ1) is 28.2. The zero-order valence-corrected chi connectivity index (χ0v) is 30.9. The van der Waals surface area contributed by atoms with Crippen LogP contribution < -0.4 is 0 Å². The van der Waals surface area contributed by atoms with Gasteiger partial charge in [-0.15, -0.1) is 0 Å². The van der Waals surface area contributed by atoms with Crippen molar-refractivity contribution in [2.75, 3.05) is 0 Å². The summed E-state index contributed by atoms with van der Waals surface area (Å²) in [6, 6.07) is 72.1. The van der Waals surface area contributed by atoms with Crippen molar-refractivity contribution in [1.29, 1.82) is 0 Å². The fraction of sp³-hybridized carbons (Fsp3) is 0.0185. The largest absolute Gasteiger partial charge is 0.208 e. The van der Waals surface area contributed by atoms with Gasteiger partial charge < -0.3 is 0 Å². The van der Waals surface area contributed by atoms with Gasteiger partial charge in [0, 0.05) is 16.7 Å². The molecule has 1 spiro atoms. The van der Waals surface area contributed by atoms with Gasteiger partial charge in [-0.3, -0.25) is 0 Å². The van der Waals surface area contributed by atoms with Gasteiger partial charge in [-0.05, 0) is 89.3 Å². The molecule has 1 aromatic heterocycles. The maximum Gasteiger partial charge on any atom is 0.164 e. The Balaban J connectivity index is 1.01. The molecule has 0 aliphatic heterocycles. The van der Waals surface area contributed by atoms with Crippen molar-refractivity contribution in [3.8, 4) is 67.5 Å². The number of hydrogen-bond donors (Lipinski definition) is 0. The molecule has 2 aliphatic carbocycles. The summed E-state index contributed by atoms with van der Waals surface area (Å²) in [4.78, 5) is 15.2. The van der Waals surface area contributed by atoms with Crippen LogP contribution in [0.4, 0.5) is 0 Å². The Morgan fingerprint density at radius 1 is 0.263 bits per heavy atom. The van der Waals surface area contributed by atoms with Crippen LogP contribution in [-0.2, 0) is 5.41 Å². The number of nitrogens with zero attached hydrogens (tertiary/aromatic N) is 3. The van der Waals surface area contributed by atoms with Crippen molar-refractivity contribution in [3.63, 3.8) is 0 Å². The summed E-state index contributed by atoms with van der Waals surface area (Å²) in [5, 5.41) is 5.32. The lowest BCUT2D eigenvalue weighted by molar-refractivity contribution is 0.797. The van der Waals surface area contributed by atoms with Gasteiger partial charge >= 0.3 is 0 Å². The molecule has 0 bridgehead atoms. The van der Waals surface area contributed by atoms with Gasteiger partial charge in [0.25, 0.3) is 0 Å². The van der Waals surface area contributed by atoms with E-state index >= 15 is 0 Å². The van der Waals surface area contributed by atoms with Crippen molar-refractivity contribution in [1.82, 2.24) is 15.0 Å². The maximum absolute atomic E-state index is 5.12. The van der Waals surface area contributed by atoms with Crippen LogP contribution in [0.1, 0.15) is 22.3 Å². The summed E-state index contributed by atoms with van der Waals surface area (Å²) in [6.45, 7) is 0. The Hall–Kier alpha value is -7.49. The molecule has 9 aromatic carbocycles. The molecule has 3 heteroatoms. The number of fused-ring (bicyclic) bond motifs is 7. The second kappa shape index (κ2) is 12.3. The molecule has 12 rings (SSSR count). The molecule has 0 saturated carbocycles. The summed E-state index contributed by atoms with van der Waals surface area (Å²) >= 11 is 0. The standard InChI is InChI=1S/C54H33N3/c1-3-12-34(13-4-1)35-24-28-39(29-25-35)52-55-51(38-14-5-2-6-15-38)56-53(57-52)42-19-9-18-40(32-42)41-30-31-44-43-20-7-8-21-45(43)54(48(44)33-41)46-22-10-16-36-26-27-37-17-11-23-47(54)50(37)49(36)46/h1-33H. The van der Waals surface area contributed by atoms with Crippen molar-refractivity contribution in [2.45, 2.75) is 5.41 Å². The van der Waals surface area contributed by atoms with E-state index in [2.05, 4.69) is 176 Å². The number of benzene rings is 9. The fourth-order valence-electron chi connectivity index (χ4n) is 9.60. The van der Waals surface area contributed by atoms with Gasteiger partial charge in [-0.1, -0.05) is 188 Å². The molecular formula is C54H33N3. The molecule has 0 radical (unpaired) electrons. The van der Waals surface area contributed by atoms with Crippen LogP contribution in [0.25, 0.3) is 89.1 Å². The highest BCUT2D eigenvalue weighted by Gasteiger charge is 2.50. The van der Waals surface area contributed by atoms with Crippen LogP contribution in [0.5, 0.6) is 0 Å². The highest BCUT2D eigenvalue weighted by Crippen LogP contribution is 2.62. The lowest BCUT2D eigenvalue weighted by Crippen LogP contribution is -2.26. The molecule has 0 unspecified atom stereocenters. The van der Waals surface area contributed by atoms with Crippen LogP contribution in [0, 0.1) is 0 Å². The lowest BCUT2D eigenvalue weighted by Gasteiger charge is -2.31. The van der Waals surface area contributed by atoms with Gasteiger partial charge in [-0.25, -0.2) is 15.0 Å². The van der Waals surface area contributed by atoms with E-state index in [0.717, 1.165) is 33.4 Å². The highest BCUT2D eigenvalue weighted by molar-refractivity contribution is 6.17. The van der Waals surface area contributed by atoms with Gasteiger partial charge in [0.15, 0.2) is 17.5 Å². The van der Waals surface area contributed by atoms with Crippen LogP contribution >= 0.6 is 0 Å². The first-order valence-electron chi connectivity index (χ1n) is 19.5. The summed E-state index contributed by atoms with van der Waals surface area (Å²) < 4.78 is 0. The molecule has 0 fully saturated rings. The Labute approximate surface area is 330 Å². The van der Waals surface area contributed by atoms with E-state index in [0.29, 0.717) is 17.5 Å². The minimum absolute atomic E-state index is 0.411. The molecule has 2 aliphatic rings. The number of aromatic nitrogens is 3. The third kappa shape index (κ3) is 4.69. The maximum atomic E-state index is 5.12. The predicted molar refractivity (Wildman–Crippen MR) is 233 cm³/mol. The van der Waals surface area contributed by atoms with Gasteiger partial charge in [0.1, 0.15) is 0 Å². The minimum atomic E-state index is -0.411. The van der Waals surface area contributed by atoms with E-state index in [1.165, 1.54) is 60.5 Å². The van der Waals surface area contributed by atoms with Crippen molar-refractivity contribution in [2.24, 2.45) is 0 Å². The molecule has 0 N–H and O–H groups in total. The van der Waals surface area contributed by atoms with E-state index in [4.69, 9.17) is 15.0 Å². The fourth-order valence-corrected chi connectivity index (χ4v) is 9.60. The zero-order valence-electron chi connectivity index (χ0n) is 30.9. The first kappa shape index (κ1) is 31.8. The van der Waals surface area contributed by atoms with Crippen LogP contribution in [-0.4, -0.2) is 15.0 Å². The predicted octanol–water partition coefficient (Wildman–Crippen LogP) is 13.2. The van der Waals surface area contributed by atoms with E-state index in [1.54, 1.807) is 0 Å². The zero-order chi connectivity index (χ0) is 37.5. The van der Waals surface area contributed by atoms with E-state index in [9.17, 15) is 0 Å². The van der Waals surface area contributed by atoms with Crippen LogP contribution in [0.3, 0.4) is 0 Å². The third-order valence-electron chi connectivity index (χ3n) is 12.1. The Morgan fingerprint density at radius 3 is 1.39 bits per heavy atom. The quantitative estimate of drug-likeness (QED) is 0.166. The Morgan fingerprint density at radius 2 is 0.702 bits per heavy atom. The summed E-state index contributed by atoms with van der Waals surface area (Å²) in [5.41, 5.74) is 15.0. The van der Waals surface area contributed by atoms with E-state index < -0.39 is 5.41 Å². The first-order valence-corrected chi connectivity index (χ1v) is 19.5.